The Bertz CT molecular complexity index is 252. The fourth-order valence-corrected chi connectivity index (χ4v) is 0.811. The van der Waals surface area contributed by atoms with Crippen molar-refractivity contribution in [3.05, 3.63) is 24.1 Å². The molecule has 0 radical (unpaired) electrons. The molecule has 46 valence electrons. The van der Waals surface area contributed by atoms with E-state index in [-0.39, 0.29) is 5.71 Å². The molecule has 1 heterocycles. The van der Waals surface area contributed by atoms with E-state index < -0.39 is 11.6 Å². The molecule has 0 spiro atoms. The van der Waals surface area contributed by atoms with Crippen LogP contribution in [0.3, 0.4) is 0 Å². The lowest BCUT2D eigenvalue weighted by Gasteiger charge is -1.98. The fraction of sp³-hybridized carbons (Fsp3) is 0.167. The molecular weight excluding hydrogens is 124 g/mol. The third kappa shape index (κ3) is 0.487. The van der Waals surface area contributed by atoms with Gasteiger partial charge in [0.05, 0.1) is 0 Å². The van der Waals surface area contributed by atoms with Crippen LogP contribution in [0.1, 0.15) is 0 Å². The molecule has 1 nitrogen and oxygen atoms in total. The van der Waals surface area contributed by atoms with Crippen LogP contribution in [0.15, 0.2) is 29.0 Å². The number of rotatable bonds is 0. The first-order valence-electron chi connectivity index (χ1n) is 2.57. The topological polar surface area (TPSA) is 12.4 Å². The number of alkyl halides is 1. The van der Waals surface area contributed by atoms with Crippen LogP contribution >= 0.6 is 0 Å². The molecule has 0 fully saturated rings. The van der Waals surface area contributed by atoms with Crippen LogP contribution in [0.25, 0.3) is 0 Å². The Hall–Kier alpha value is -0.990. The Kier molecular flexibility index (Phi) is 0.605. The Morgan fingerprint density at radius 3 is 2.89 bits per heavy atom. The van der Waals surface area contributed by atoms with Crippen molar-refractivity contribution in [2.45, 2.75) is 5.79 Å². The molecular formula is C6H3F2N. The number of aliphatic imine (C=N–C) groups is 1. The van der Waals surface area contributed by atoms with Gasteiger partial charge in [-0.3, -0.25) is 0 Å². The molecule has 0 amide bonds. The SMILES string of the molecule is FC1=CC=C[C@]2(F)N=C12. The van der Waals surface area contributed by atoms with Crippen molar-refractivity contribution < 1.29 is 8.78 Å². The predicted molar refractivity (Wildman–Crippen MR) is 29.6 cm³/mol. The van der Waals surface area contributed by atoms with Crippen LogP contribution < -0.4 is 0 Å². The summed E-state index contributed by atoms with van der Waals surface area (Å²) in [6.45, 7) is 0. The first-order chi connectivity index (χ1) is 4.22. The van der Waals surface area contributed by atoms with E-state index in [4.69, 9.17) is 0 Å². The summed E-state index contributed by atoms with van der Waals surface area (Å²) in [6, 6.07) is 0. The highest BCUT2D eigenvalue weighted by atomic mass is 19.2. The van der Waals surface area contributed by atoms with Gasteiger partial charge in [-0.1, -0.05) is 6.08 Å². The minimum Gasteiger partial charge on any atom is -0.232 e. The zero-order chi connectivity index (χ0) is 6.48. The first-order valence-corrected chi connectivity index (χ1v) is 2.57. The largest absolute Gasteiger partial charge is 0.264 e. The van der Waals surface area contributed by atoms with Gasteiger partial charge >= 0.3 is 0 Å². The smallest absolute Gasteiger partial charge is 0.232 e. The standard InChI is InChI=1S/C6H3F2N/c7-4-2-1-3-6(8)5(4)9-6/h1-3H/t6-/m0/s1. The van der Waals surface area contributed by atoms with Crippen LogP contribution in [0, 0.1) is 0 Å². The predicted octanol–water partition coefficient (Wildman–Crippen LogP) is 1.53. The van der Waals surface area contributed by atoms with Gasteiger partial charge in [0.25, 0.3) is 5.79 Å². The summed E-state index contributed by atoms with van der Waals surface area (Å²) >= 11 is 0. The maximum Gasteiger partial charge on any atom is 0.264 e. The monoisotopic (exact) mass is 127 g/mol. The van der Waals surface area contributed by atoms with Crippen LogP contribution in [0.4, 0.5) is 8.78 Å². The van der Waals surface area contributed by atoms with Crippen molar-refractivity contribution >= 4 is 5.71 Å². The molecule has 1 atom stereocenters. The van der Waals surface area contributed by atoms with Crippen molar-refractivity contribution in [1.29, 1.82) is 0 Å². The molecule has 2 aliphatic rings. The number of nitrogens with zero attached hydrogens (tertiary/aromatic N) is 1. The number of hydrogen-bond acceptors (Lipinski definition) is 1. The number of fused-ring (bicyclic) bond motifs is 1. The Morgan fingerprint density at radius 2 is 2.33 bits per heavy atom. The van der Waals surface area contributed by atoms with Gasteiger partial charge < -0.3 is 0 Å². The lowest BCUT2D eigenvalue weighted by molar-refractivity contribution is 0.391. The van der Waals surface area contributed by atoms with Gasteiger partial charge in [-0.15, -0.1) is 0 Å². The molecule has 0 saturated carbocycles. The summed E-state index contributed by atoms with van der Waals surface area (Å²) in [6.07, 6.45) is 3.75. The normalized spacial score (nSPS) is 37.1. The second kappa shape index (κ2) is 1.12. The molecule has 0 unspecified atom stereocenters. The van der Waals surface area contributed by atoms with Gasteiger partial charge in [-0.25, -0.2) is 13.8 Å². The van der Waals surface area contributed by atoms with Crippen LogP contribution in [-0.2, 0) is 0 Å². The van der Waals surface area contributed by atoms with E-state index in [9.17, 15) is 8.78 Å². The van der Waals surface area contributed by atoms with E-state index in [1.165, 1.54) is 18.2 Å². The van der Waals surface area contributed by atoms with Crippen molar-refractivity contribution in [2.24, 2.45) is 4.99 Å². The maximum atomic E-state index is 12.6. The van der Waals surface area contributed by atoms with E-state index in [0.29, 0.717) is 0 Å². The Balaban J connectivity index is 2.41. The molecule has 9 heavy (non-hydrogen) atoms. The molecule has 1 aliphatic carbocycles. The highest BCUT2D eigenvalue weighted by molar-refractivity contribution is 6.16. The minimum atomic E-state index is -1.77. The van der Waals surface area contributed by atoms with E-state index in [1.54, 1.807) is 0 Å². The van der Waals surface area contributed by atoms with Gasteiger partial charge in [0, 0.05) is 0 Å². The van der Waals surface area contributed by atoms with E-state index in [2.05, 4.69) is 4.99 Å². The summed E-state index contributed by atoms with van der Waals surface area (Å²) in [7, 11) is 0. The highest BCUT2D eigenvalue weighted by Gasteiger charge is 2.49. The number of hydrogen-bond donors (Lipinski definition) is 0. The molecule has 1 aliphatic heterocycles. The first kappa shape index (κ1) is 4.85. The average Bonchev–Trinajstić information content (AvgIpc) is 2.43. The summed E-state index contributed by atoms with van der Waals surface area (Å²) < 4.78 is 24.9. The van der Waals surface area contributed by atoms with Crippen LogP contribution in [-0.4, -0.2) is 11.5 Å². The zero-order valence-electron chi connectivity index (χ0n) is 4.44. The van der Waals surface area contributed by atoms with E-state index in [1.807, 2.05) is 0 Å². The quantitative estimate of drug-likeness (QED) is 0.437. The molecule has 0 N–H and O–H groups in total. The second-order valence-corrected chi connectivity index (χ2v) is 2.01. The second-order valence-electron chi connectivity index (χ2n) is 2.01. The van der Waals surface area contributed by atoms with Gasteiger partial charge in [-0.2, -0.15) is 0 Å². The third-order valence-corrected chi connectivity index (χ3v) is 1.34. The minimum absolute atomic E-state index is 0.0648. The lowest BCUT2D eigenvalue weighted by Crippen LogP contribution is -2.10. The fourth-order valence-electron chi connectivity index (χ4n) is 0.811. The van der Waals surface area contributed by atoms with Crippen molar-refractivity contribution in [3.63, 3.8) is 0 Å². The third-order valence-electron chi connectivity index (χ3n) is 1.34. The summed E-state index contributed by atoms with van der Waals surface area (Å²) in [4.78, 5) is 3.29. The average molecular weight is 127 g/mol. The van der Waals surface area contributed by atoms with Crippen molar-refractivity contribution in [1.82, 2.24) is 0 Å². The molecule has 0 bridgehead atoms. The molecule has 0 aromatic heterocycles. The maximum absolute atomic E-state index is 12.6. The highest BCUT2D eigenvalue weighted by Crippen LogP contribution is 2.38. The molecule has 2 rings (SSSR count). The Labute approximate surface area is 50.4 Å². The molecule has 0 aromatic carbocycles. The van der Waals surface area contributed by atoms with Gasteiger partial charge in [0.15, 0.2) is 0 Å². The van der Waals surface area contributed by atoms with Crippen LogP contribution in [0.5, 0.6) is 0 Å². The van der Waals surface area contributed by atoms with Crippen LogP contribution in [0.2, 0.25) is 0 Å². The van der Waals surface area contributed by atoms with Gasteiger partial charge in [0.1, 0.15) is 11.5 Å². The summed E-state index contributed by atoms with van der Waals surface area (Å²) in [5, 5.41) is 0. The van der Waals surface area contributed by atoms with E-state index >= 15 is 0 Å². The number of halogens is 2. The van der Waals surface area contributed by atoms with Gasteiger partial charge in [0.2, 0.25) is 0 Å². The molecule has 3 heteroatoms. The van der Waals surface area contributed by atoms with Crippen molar-refractivity contribution in [2.75, 3.05) is 0 Å². The Morgan fingerprint density at radius 1 is 1.56 bits per heavy atom. The van der Waals surface area contributed by atoms with Crippen molar-refractivity contribution in [3.8, 4) is 0 Å². The lowest BCUT2D eigenvalue weighted by atomic mass is 10.1. The molecule has 0 saturated heterocycles. The molecule has 0 aromatic rings. The van der Waals surface area contributed by atoms with E-state index in [0.717, 1.165) is 0 Å². The zero-order valence-corrected chi connectivity index (χ0v) is 4.44. The summed E-state index contributed by atoms with van der Waals surface area (Å²) in [5.41, 5.74) is -0.0648. The number of allylic oxidation sites excluding steroid dienone is 2. The summed E-state index contributed by atoms with van der Waals surface area (Å²) in [5.74, 6) is -2.32. The van der Waals surface area contributed by atoms with Gasteiger partial charge in [-0.05, 0) is 12.2 Å².